The van der Waals surface area contributed by atoms with Crippen molar-refractivity contribution in [1.29, 1.82) is 0 Å². The van der Waals surface area contributed by atoms with Crippen LogP contribution < -0.4 is 31.9 Å². The van der Waals surface area contributed by atoms with Gasteiger partial charge in [-0.05, 0) is 111 Å². The topological polar surface area (TPSA) is 106 Å². The van der Waals surface area contributed by atoms with Crippen LogP contribution in [0.4, 0.5) is 9.59 Å². The van der Waals surface area contributed by atoms with Crippen LogP contribution in [0.5, 0.6) is 0 Å². The van der Waals surface area contributed by atoms with Crippen molar-refractivity contribution in [2.75, 3.05) is 6.54 Å². The summed E-state index contributed by atoms with van der Waals surface area (Å²) in [7, 11) is 0. The number of rotatable bonds is 5. The Hall–Kier alpha value is -1.54. The molecule has 4 amide bonds. The minimum Gasteiger partial charge on any atom is -0.338 e. The number of carbonyl (C=O) groups excluding carboxylic acids is 2. The van der Waals surface area contributed by atoms with Gasteiger partial charge in [-0.25, -0.2) is 9.59 Å². The number of nitrogens with one attached hydrogen (secondary N) is 6. The Balaban J connectivity index is 1.54. The molecular weight excluding hydrogens is 476 g/mol. The minimum absolute atomic E-state index is 0.0157. The van der Waals surface area contributed by atoms with E-state index in [4.69, 9.17) is 0 Å². The molecule has 3 fully saturated rings. The lowest BCUT2D eigenvalue weighted by atomic mass is 9.62. The molecular formula is C30H58N6O2. The van der Waals surface area contributed by atoms with Crippen LogP contribution in [0.2, 0.25) is 0 Å². The van der Waals surface area contributed by atoms with Crippen molar-refractivity contribution in [3.63, 3.8) is 0 Å². The van der Waals surface area contributed by atoms with Crippen LogP contribution in [-0.4, -0.2) is 58.9 Å². The maximum absolute atomic E-state index is 13.1. The van der Waals surface area contributed by atoms with Crippen LogP contribution in [0.1, 0.15) is 121 Å². The van der Waals surface area contributed by atoms with E-state index in [1.165, 1.54) is 0 Å². The molecule has 1 saturated carbocycles. The molecule has 2 aliphatic heterocycles. The van der Waals surface area contributed by atoms with E-state index in [2.05, 4.69) is 108 Å². The highest BCUT2D eigenvalue weighted by molar-refractivity contribution is 5.75. The first-order valence-corrected chi connectivity index (χ1v) is 14.8. The quantitative estimate of drug-likeness (QED) is 0.305. The molecule has 38 heavy (non-hydrogen) atoms. The molecule has 1 aliphatic carbocycles. The molecule has 6 N–H and O–H groups in total. The first kappa shape index (κ1) is 31.0. The standard InChI is InChI=1S/C30H58N6O2/c1-25(2)12-20(33-24(38)34-22-15-28(7,8)36-29(9,10)16-22)17-30(11,18-25)19-31-23(37)32-21-13-26(3,4)35-27(5,6)14-21/h20-22,35-36H,12-19H2,1-11H3,(H2,31,32,37)(H2,33,34,38). The summed E-state index contributed by atoms with van der Waals surface area (Å²) in [6.07, 6.45) is 6.40. The third-order valence-electron chi connectivity index (χ3n) is 8.51. The van der Waals surface area contributed by atoms with Crippen LogP contribution in [0.15, 0.2) is 0 Å². The van der Waals surface area contributed by atoms with E-state index in [-0.39, 0.29) is 63.2 Å². The molecule has 2 unspecified atom stereocenters. The molecule has 3 rings (SSSR count). The molecule has 0 aromatic rings. The number of amides is 4. The Kier molecular flexibility index (Phi) is 8.53. The molecule has 0 aromatic carbocycles. The van der Waals surface area contributed by atoms with E-state index in [1.54, 1.807) is 0 Å². The van der Waals surface area contributed by atoms with Crippen LogP contribution in [-0.2, 0) is 0 Å². The van der Waals surface area contributed by atoms with Crippen molar-refractivity contribution >= 4 is 12.1 Å². The lowest BCUT2D eigenvalue weighted by Gasteiger charge is -2.48. The third kappa shape index (κ3) is 9.29. The highest BCUT2D eigenvalue weighted by Crippen LogP contribution is 2.45. The molecule has 0 spiro atoms. The van der Waals surface area contributed by atoms with Gasteiger partial charge >= 0.3 is 12.1 Å². The first-order chi connectivity index (χ1) is 17.1. The van der Waals surface area contributed by atoms with Crippen molar-refractivity contribution in [3.8, 4) is 0 Å². The maximum atomic E-state index is 13.1. The third-order valence-corrected chi connectivity index (χ3v) is 8.51. The Labute approximate surface area is 232 Å². The number of hydrogen-bond acceptors (Lipinski definition) is 4. The zero-order valence-corrected chi connectivity index (χ0v) is 26.2. The molecule has 8 nitrogen and oxygen atoms in total. The first-order valence-electron chi connectivity index (χ1n) is 14.8. The van der Waals surface area contributed by atoms with E-state index < -0.39 is 0 Å². The molecule has 0 aromatic heterocycles. The summed E-state index contributed by atoms with van der Waals surface area (Å²) in [5.41, 5.74) is -0.0856. The van der Waals surface area contributed by atoms with Gasteiger partial charge in [0.05, 0.1) is 0 Å². The Morgan fingerprint density at radius 2 is 0.947 bits per heavy atom. The summed E-state index contributed by atoms with van der Waals surface area (Å²) < 4.78 is 0. The van der Waals surface area contributed by atoms with Crippen LogP contribution in [0.3, 0.4) is 0 Å². The van der Waals surface area contributed by atoms with Gasteiger partial charge in [0.1, 0.15) is 0 Å². The van der Waals surface area contributed by atoms with Gasteiger partial charge in [0.15, 0.2) is 0 Å². The Morgan fingerprint density at radius 1 is 0.579 bits per heavy atom. The summed E-state index contributed by atoms with van der Waals surface area (Å²) in [6.45, 7) is 25.0. The predicted molar refractivity (Wildman–Crippen MR) is 156 cm³/mol. The fourth-order valence-electron chi connectivity index (χ4n) is 8.66. The highest BCUT2D eigenvalue weighted by atomic mass is 16.2. The molecule has 2 heterocycles. The summed E-state index contributed by atoms with van der Waals surface area (Å²) in [5.74, 6) is 0. The van der Waals surface area contributed by atoms with Gasteiger partial charge in [-0.3, -0.25) is 0 Å². The average molecular weight is 535 g/mol. The van der Waals surface area contributed by atoms with Gasteiger partial charge in [-0.2, -0.15) is 0 Å². The van der Waals surface area contributed by atoms with E-state index in [1.807, 2.05) is 0 Å². The largest absolute Gasteiger partial charge is 0.338 e. The molecule has 220 valence electrons. The Morgan fingerprint density at radius 3 is 1.37 bits per heavy atom. The number of carbonyl (C=O) groups is 2. The van der Waals surface area contributed by atoms with E-state index in [9.17, 15) is 9.59 Å². The molecule has 8 heteroatoms. The van der Waals surface area contributed by atoms with Gasteiger partial charge in [0, 0.05) is 46.8 Å². The van der Waals surface area contributed by atoms with Crippen molar-refractivity contribution in [2.45, 2.75) is 161 Å². The molecule has 2 saturated heterocycles. The van der Waals surface area contributed by atoms with E-state index in [0.717, 1.165) is 44.9 Å². The van der Waals surface area contributed by atoms with Gasteiger partial charge in [-0.15, -0.1) is 0 Å². The number of urea groups is 2. The maximum Gasteiger partial charge on any atom is 0.315 e. The van der Waals surface area contributed by atoms with Crippen molar-refractivity contribution in [1.82, 2.24) is 31.9 Å². The van der Waals surface area contributed by atoms with Crippen LogP contribution >= 0.6 is 0 Å². The SMILES string of the molecule is CC1(C)CC(NC(=O)NC2CC(C)(C)NC(C)(C)C2)CC(C)(CNC(=O)NC2CC(C)(C)NC(C)(C)C2)C1. The zero-order valence-electron chi connectivity index (χ0n) is 26.2. The second kappa shape index (κ2) is 10.5. The highest BCUT2D eigenvalue weighted by Gasteiger charge is 2.43. The monoisotopic (exact) mass is 534 g/mol. The lowest BCUT2D eigenvalue weighted by Crippen LogP contribution is -2.63. The van der Waals surface area contributed by atoms with Crippen LogP contribution in [0, 0.1) is 10.8 Å². The summed E-state index contributed by atoms with van der Waals surface area (Å²) in [6, 6.07) is 0.184. The average Bonchev–Trinajstić information content (AvgIpc) is 2.59. The number of hydrogen-bond donors (Lipinski definition) is 6. The smallest absolute Gasteiger partial charge is 0.315 e. The fourth-order valence-corrected chi connectivity index (χ4v) is 8.66. The summed E-state index contributed by atoms with van der Waals surface area (Å²) in [4.78, 5) is 26.0. The summed E-state index contributed by atoms with van der Waals surface area (Å²) >= 11 is 0. The number of piperidine rings is 2. The van der Waals surface area contributed by atoms with Gasteiger partial charge in [0.2, 0.25) is 0 Å². The predicted octanol–water partition coefficient (Wildman–Crippen LogP) is 4.79. The molecule has 3 aliphatic rings. The van der Waals surface area contributed by atoms with Crippen LogP contribution in [0.25, 0.3) is 0 Å². The summed E-state index contributed by atoms with van der Waals surface area (Å²) in [5, 5.41) is 20.3. The van der Waals surface area contributed by atoms with Crippen molar-refractivity contribution in [3.05, 3.63) is 0 Å². The second-order valence-electron chi connectivity index (χ2n) is 16.7. The Bertz CT molecular complexity index is 848. The van der Waals surface area contributed by atoms with E-state index in [0.29, 0.717) is 6.54 Å². The normalized spacial score (nSPS) is 32.1. The van der Waals surface area contributed by atoms with Crippen molar-refractivity contribution < 1.29 is 9.59 Å². The second-order valence-corrected chi connectivity index (χ2v) is 16.7. The zero-order chi connectivity index (χ0) is 28.8. The lowest BCUT2D eigenvalue weighted by molar-refractivity contribution is 0.0736. The van der Waals surface area contributed by atoms with Gasteiger partial charge < -0.3 is 31.9 Å². The molecule has 0 bridgehead atoms. The van der Waals surface area contributed by atoms with Gasteiger partial charge in [0.25, 0.3) is 0 Å². The van der Waals surface area contributed by atoms with Crippen molar-refractivity contribution in [2.24, 2.45) is 10.8 Å². The molecule has 0 radical (unpaired) electrons. The fraction of sp³-hybridized carbons (Fsp3) is 0.933. The van der Waals surface area contributed by atoms with E-state index >= 15 is 0 Å². The van der Waals surface area contributed by atoms with Gasteiger partial charge in [-0.1, -0.05) is 20.8 Å². The molecule has 2 atom stereocenters. The minimum atomic E-state index is -0.0948.